The van der Waals surface area contributed by atoms with Gasteiger partial charge in [0.05, 0.1) is 15.9 Å². The molecular weight excluding hydrogens is 278 g/mol. The topological polar surface area (TPSA) is 43.8 Å². The van der Waals surface area contributed by atoms with E-state index in [9.17, 15) is 0 Å². The maximum Gasteiger partial charge on any atom is 0.0766 e. The Kier molecular flexibility index (Phi) is 5.67. The fraction of sp³-hybridized carbons (Fsp3) is 0.769. The first-order valence-corrected chi connectivity index (χ1v) is 7.33. The van der Waals surface area contributed by atoms with Gasteiger partial charge in [0, 0.05) is 19.0 Å². The van der Waals surface area contributed by atoms with Crippen LogP contribution in [-0.2, 0) is 19.4 Å². The predicted octanol–water partition coefficient (Wildman–Crippen LogP) is 3.14. The van der Waals surface area contributed by atoms with Crippen LogP contribution in [0, 0.1) is 5.92 Å². The molecule has 0 fully saturated rings. The first-order valence-electron chi connectivity index (χ1n) is 6.54. The Bertz CT molecular complexity index is 360. The molecule has 0 spiro atoms. The number of halogens is 1. The Morgan fingerprint density at radius 3 is 2.47 bits per heavy atom. The van der Waals surface area contributed by atoms with Gasteiger partial charge in [-0.05, 0) is 35.2 Å². The van der Waals surface area contributed by atoms with Gasteiger partial charge in [-0.15, -0.1) is 0 Å². The minimum absolute atomic E-state index is 0.211. The molecular formula is C13H24BrN3. The second-order valence-corrected chi connectivity index (χ2v) is 5.42. The monoisotopic (exact) mass is 301 g/mol. The van der Waals surface area contributed by atoms with Gasteiger partial charge >= 0.3 is 0 Å². The van der Waals surface area contributed by atoms with Crippen molar-refractivity contribution in [2.75, 3.05) is 0 Å². The molecule has 0 aromatic carbocycles. The average Bonchev–Trinajstić information content (AvgIpc) is 2.65. The van der Waals surface area contributed by atoms with E-state index >= 15 is 0 Å². The lowest BCUT2D eigenvalue weighted by molar-refractivity contribution is 0.428. The van der Waals surface area contributed by atoms with E-state index < -0.39 is 0 Å². The van der Waals surface area contributed by atoms with Crippen LogP contribution in [0.2, 0.25) is 0 Å². The van der Waals surface area contributed by atoms with Gasteiger partial charge < -0.3 is 5.73 Å². The van der Waals surface area contributed by atoms with E-state index in [1.807, 2.05) is 0 Å². The predicted molar refractivity (Wildman–Crippen MR) is 76.1 cm³/mol. The number of hydrogen-bond donors (Lipinski definition) is 1. The summed E-state index contributed by atoms with van der Waals surface area (Å²) in [7, 11) is 0. The van der Waals surface area contributed by atoms with Gasteiger partial charge in [0.1, 0.15) is 0 Å². The molecule has 4 heteroatoms. The third-order valence-electron chi connectivity index (χ3n) is 3.50. The highest BCUT2D eigenvalue weighted by molar-refractivity contribution is 9.10. The second kappa shape index (κ2) is 6.55. The van der Waals surface area contributed by atoms with E-state index in [-0.39, 0.29) is 6.04 Å². The van der Waals surface area contributed by atoms with Crippen LogP contribution in [0.25, 0.3) is 0 Å². The van der Waals surface area contributed by atoms with Crippen LogP contribution in [0.4, 0.5) is 0 Å². The average molecular weight is 302 g/mol. The molecule has 1 aromatic rings. The van der Waals surface area contributed by atoms with E-state index in [1.54, 1.807) is 0 Å². The van der Waals surface area contributed by atoms with Crippen molar-refractivity contribution >= 4 is 15.9 Å². The fourth-order valence-corrected chi connectivity index (χ4v) is 2.67. The Labute approximate surface area is 113 Å². The summed E-state index contributed by atoms with van der Waals surface area (Å²) in [6.45, 7) is 9.56. The van der Waals surface area contributed by atoms with E-state index in [4.69, 9.17) is 5.73 Å². The molecule has 2 N–H and O–H groups in total. The van der Waals surface area contributed by atoms with Gasteiger partial charge in [0.25, 0.3) is 0 Å². The smallest absolute Gasteiger partial charge is 0.0766 e. The van der Waals surface area contributed by atoms with Crippen LogP contribution in [0.1, 0.15) is 45.5 Å². The Balaban J connectivity index is 2.92. The SMILES string of the molecule is CCc1nn(CC)c(CC(N)C(C)CC)c1Br. The summed E-state index contributed by atoms with van der Waals surface area (Å²) >= 11 is 3.66. The second-order valence-electron chi connectivity index (χ2n) is 4.63. The standard InChI is InChI=1S/C13H24BrN3/c1-5-9(4)10(15)8-12-13(14)11(6-2)16-17(12)7-3/h9-10H,5-8,15H2,1-4H3. The third-order valence-corrected chi connectivity index (χ3v) is 4.41. The third kappa shape index (κ3) is 3.32. The number of aromatic nitrogens is 2. The molecule has 3 nitrogen and oxygen atoms in total. The van der Waals surface area contributed by atoms with Crippen molar-refractivity contribution in [3.05, 3.63) is 15.9 Å². The highest BCUT2D eigenvalue weighted by Gasteiger charge is 2.19. The summed E-state index contributed by atoms with van der Waals surface area (Å²) in [6.07, 6.45) is 2.98. The van der Waals surface area contributed by atoms with Gasteiger partial charge in [0.15, 0.2) is 0 Å². The van der Waals surface area contributed by atoms with Crippen LogP contribution in [-0.4, -0.2) is 15.8 Å². The maximum atomic E-state index is 6.24. The lowest BCUT2D eigenvalue weighted by Gasteiger charge is -2.18. The van der Waals surface area contributed by atoms with Crippen LogP contribution in [0.5, 0.6) is 0 Å². The lowest BCUT2D eigenvalue weighted by atomic mass is 9.96. The van der Waals surface area contributed by atoms with Crippen molar-refractivity contribution in [3.63, 3.8) is 0 Å². The number of nitrogens with two attached hydrogens (primary N) is 1. The van der Waals surface area contributed by atoms with E-state index in [0.29, 0.717) is 5.92 Å². The zero-order chi connectivity index (χ0) is 13.0. The minimum Gasteiger partial charge on any atom is -0.327 e. The van der Waals surface area contributed by atoms with Crippen molar-refractivity contribution in [1.82, 2.24) is 9.78 Å². The van der Waals surface area contributed by atoms with Crippen LogP contribution < -0.4 is 5.73 Å². The molecule has 17 heavy (non-hydrogen) atoms. The van der Waals surface area contributed by atoms with Gasteiger partial charge in [0.2, 0.25) is 0 Å². The molecule has 0 aliphatic heterocycles. The van der Waals surface area contributed by atoms with Crippen LogP contribution >= 0.6 is 15.9 Å². The molecule has 2 unspecified atom stereocenters. The fourth-order valence-electron chi connectivity index (χ4n) is 1.94. The normalized spacial score (nSPS) is 14.9. The molecule has 1 heterocycles. The largest absolute Gasteiger partial charge is 0.327 e. The molecule has 0 saturated carbocycles. The molecule has 1 rings (SSSR count). The summed E-state index contributed by atoms with van der Waals surface area (Å²) in [5.41, 5.74) is 8.63. The van der Waals surface area contributed by atoms with E-state index in [0.717, 1.165) is 36.0 Å². The number of nitrogens with zero attached hydrogens (tertiary/aromatic N) is 2. The molecule has 1 aromatic heterocycles. The summed E-state index contributed by atoms with van der Waals surface area (Å²) in [4.78, 5) is 0. The summed E-state index contributed by atoms with van der Waals surface area (Å²) in [6, 6.07) is 0.211. The molecule has 0 saturated heterocycles. The zero-order valence-electron chi connectivity index (χ0n) is 11.3. The molecule has 2 atom stereocenters. The molecule has 98 valence electrons. The quantitative estimate of drug-likeness (QED) is 0.877. The van der Waals surface area contributed by atoms with Crippen LogP contribution in [0.3, 0.4) is 0 Å². The van der Waals surface area contributed by atoms with Crippen molar-refractivity contribution in [1.29, 1.82) is 0 Å². The van der Waals surface area contributed by atoms with E-state index in [2.05, 4.69) is 53.4 Å². The first kappa shape index (κ1) is 14.7. The number of aryl methyl sites for hydroxylation is 2. The highest BCUT2D eigenvalue weighted by Crippen LogP contribution is 2.24. The Hall–Kier alpha value is -0.350. The number of rotatable bonds is 6. The van der Waals surface area contributed by atoms with Gasteiger partial charge in [-0.25, -0.2) is 0 Å². The van der Waals surface area contributed by atoms with Crippen molar-refractivity contribution in [2.45, 2.75) is 59.5 Å². The highest BCUT2D eigenvalue weighted by atomic mass is 79.9. The first-order chi connectivity index (χ1) is 8.04. The molecule has 0 amide bonds. The van der Waals surface area contributed by atoms with Gasteiger partial charge in [-0.2, -0.15) is 5.10 Å². The zero-order valence-corrected chi connectivity index (χ0v) is 12.9. The van der Waals surface area contributed by atoms with Crippen molar-refractivity contribution in [3.8, 4) is 0 Å². The Morgan fingerprint density at radius 2 is 2.00 bits per heavy atom. The van der Waals surface area contributed by atoms with Gasteiger partial charge in [-0.1, -0.05) is 27.2 Å². The summed E-state index contributed by atoms with van der Waals surface area (Å²) in [5, 5.41) is 4.60. The minimum atomic E-state index is 0.211. The molecule has 0 radical (unpaired) electrons. The van der Waals surface area contributed by atoms with Crippen LogP contribution in [0.15, 0.2) is 4.47 Å². The summed E-state index contributed by atoms with van der Waals surface area (Å²) < 4.78 is 3.23. The number of hydrogen-bond acceptors (Lipinski definition) is 2. The lowest BCUT2D eigenvalue weighted by Crippen LogP contribution is -2.31. The van der Waals surface area contributed by atoms with Crippen molar-refractivity contribution < 1.29 is 0 Å². The molecule has 0 aliphatic carbocycles. The van der Waals surface area contributed by atoms with Gasteiger partial charge in [-0.3, -0.25) is 4.68 Å². The van der Waals surface area contributed by atoms with E-state index in [1.165, 1.54) is 5.69 Å². The summed E-state index contributed by atoms with van der Waals surface area (Å²) in [5.74, 6) is 0.548. The van der Waals surface area contributed by atoms with Crippen molar-refractivity contribution in [2.24, 2.45) is 11.7 Å². The maximum absolute atomic E-state index is 6.24. The molecule has 0 aliphatic rings. The molecule has 0 bridgehead atoms. The Morgan fingerprint density at radius 1 is 1.35 bits per heavy atom.